The lowest BCUT2D eigenvalue weighted by molar-refractivity contribution is 0.355. The quantitative estimate of drug-likeness (QED) is 0.274. The van der Waals surface area contributed by atoms with Crippen molar-refractivity contribution in [3.8, 4) is 45.7 Å². The van der Waals surface area contributed by atoms with Crippen LogP contribution in [0.15, 0.2) is 97.9 Å². The number of hydrogen-bond donors (Lipinski definition) is 0. The summed E-state index contributed by atoms with van der Waals surface area (Å²) in [5.41, 5.74) is 2.44. The van der Waals surface area contributed by atoms with Crippen LogP contribution in [0.5, 0.6) is 11.5 Å². The first kappa shape index (κ1) is 23.4. The minimum atomic E-state index is -4.00. The third-order valence-corrected chi connectivity index (χ3v) is 7.32. The van der Waals surface area contributed by atoms with E-state index < -0.39 is 9.84 Å². The van der Waals surface area contributed by atoms with Crippen molar-refractivity contribution < 1.29 is 26.7 Å². The van der Waals surface area contributed by atoms with E-state index >= 15 is 0 Å². The van der Waals surface area contributed by atoms with Gasteiger partial charge in [-0.05, 0) is 49.4 Å². The van der Waals surface area contributed by atoms with Crippen molar-refractivity contribution in [2.45, 2.75) is 16.8 Å². The van der Waals surface area contributed by atoms with Crippen molar-refractivity contribution in [1.29, 1.82) is 0 Å². The molecule has 0 amide bonds. The minimum Gasteiger partial charge on any atom is -0.493 e. The first-order valence-corrected chi connectivity index (χ1v) is 12.4. The van der Waals surface area contributed by atoms with Crippen molar-refractivity contribution in [1.82, 2.24) is 9.97 Å². The van der Waals surface area contributed by atoms with Crippen LogP contribution in [-0.2, 0) is 9.84 Å². The third-order valence-electron chi connectivity index (χ3n) is 5.63. The molecule has 36 heavy (non-hydrogen) atoms. The van der Waals surface area contributed by atoms with Crippen LogP contribution < -0.4 is 9.47 Å². The average molecular weight is 503 g/mol. The van der Waals surface area contributed by atoms with Crippen LogP contribution in [0, 0.1) is 6.92 Å². The predicted molar refractivity (Wildman–Crippen MR) is 133 cm³/mol. The van der Waals surface area contributed by atoms with Crippen LogP contribution in [0.2, 0.25) is 0 Å². The minimum absolute atomic E-state index is 0.0220. The molecule has 0 bridgehead atoms. The van der Waals surface area contributed by atoms with Gasteiger partial charge in [-0.25, -0.2) is 18.4 Å². The van der Waals surface area contributed by atoms with Crippen molar-refractivity contribution in [3.63, 3.8) is 0 Å². The first-order valence-electron chi connectivity index (χ1n) is 11.0. The van der Waals surface area contributed by atoms with Crippen molar-refractivity contribution in [2.75, 3.05) is 14.2 Å². The molecule has 3 aromatic carbocycles. The highest BCUT2D eigenvalue weighted by molar-refractivity contribution is 7.91. The van der Waals surface area contributed by atoms with Crippen molar-refractivity contribution >= 4 is 9.84 Å². The molecule has 0 aliphatic rings. The molecule has 2 heterocycles. The highest BCUT2D eigenvalue weighted by Gasteiger charge is 2.31. The van der Waals surface area contributed by atoms with Crippen LogP contribution in [0.1, 0.15) is 5.56 Å². The number of sulfone groups is 1. The summed E-state index contributed by atoms with van der Waals surface area (Å²) in [6, 6.07) is 21.0. The van der Waals surface area contributed by atoms with Gasteiger partial charge in [0.05, 0.1) is 19.1 Å². The zero-order valence-corrected chi connectivity index (χ0v) is 20.6. The second-order valence-corrected chi connectivity index (χ2v) is 9.80. The highest BCUT2D eigenvalue weighted by Crippen LogP contribution is 2.41. The molecular formula is C27H22N2O6S. The maximum absolute atomic E-state index is 13.5. The SMILES string of the molecule is COc1ccc(-c2oc(-c3ccccc3)nc2-c2ocnc2S(=O)(=O)c2ccc(C)cc2)cc1OC. The summed E-state index contributed by atoms with van der Waals surface area (Å²) in [6.07, 6.45) is 1.09. The monoisotopic (exact) mass is 502 g/mol. The first-order chi connectivity index (χ1) is 17.4. The smallest absolute Gasteiger partial charge is 0.227 e. The topological polar surface area (TPSA) is 105 Å². The Hall–Kier alpha value is -4.37. The van der Waals surface area contributed by atoms with Gasteiger partial charge >= 0.3 is 0 Å². The number of hydrogen-bond acceptors (Lipinski definition) is 8. The van der Waals surface area contributed by atoms with Crippen molar-refractivity contribution in [3.05, 3.63) is 84.8 Å². The lowest BCUT2D eigenvalue weighted by Gasteiger charge is -2.09. The molecule has 2 aromatic heterocycles. The maximum Gasteiger partial charge on any atom is 0.227 e. The molecule has 0 aliphatic carbocycles. The molecule has 0 N–H and O–H groups in total. The van der Waals surface area contributed by atoms with E-state index in [-0.39, 0.29) is 21.4 Å². The molecule has 8 nitrogen and oxygen atoms in total. The second-order valence-electron chi connectivity index (χ2n) is 7.94. The molecule has 0 unspecified atom stereocenters. The second kappa shape index (κ2) is 9.35. The zero-order valence-electron chi connectivity index (χ0n) is 19.8. The fourth-order valence-electron chi connectivity index (χ4n) is 3.76. The Balaban J connectivity index is 1.71. The Bertz CT molecular complexity index is 1620. The van der Waals surface area contributed by atoms with Crippen LogP contribution in [0.25, 0.3) is 34.2 Å². The number of aromatic nitrogens is 2. The number of methoxy groups -OCH3 is 2. The fourth-order valence-corrected chi connectivity index (χ4v) is 5.05. The summed E-state index contributed by atoms with van der Waals surface area (Å²) in [4.78, 5) is 8.80. The number of benzene rings is 3. The average Bonchev–Trinajstić information content (AvgIpc) is 3.57. The van der Waals surface area contributed by atoms with Gasteiger partial charge in [0.15, 0.2) is 35.1 Å². The van der Waals surface area contributed by atoms with Gasteiger partial charge in [-0.1, -0.05) is 35.9 Å². The lowest BCUT2D eigenvalue weighted by Crippen LogP contribution is -2.04. The normalized spacial score (nSPS) is 11.4. The molecule has 0 fully saturated rings. The molecule has 9 heteroatoms. The van der Waals surface area contributed by atoms with Gasteiger partial charge in [0.25, 0.3) is 0 Å². The molecule has 0 saturated heterocycles. The van der Waals surface area contributed by atoms with Gasteiger partial charge in [-0.2, -0.15) is 0 Å². The zero-order chi connectivity index (χ0) is 25.3. The summed E-state index contributed by atoms with van der Waals surface area (Å²) in [7, 11) is -0.928. The standard InChI is InChI=1S/C27H22N2O6S/c1-17-9-12-20(13-10-17)36(30,31)27-25(34-16-28-27)23-24(19-11-14-21(32-2)22(15-19)33-3)35-26(29-23)18-7-5-4-6-8-18/h4-16H,1-3H3. The van der Waals surface area contributed by atoms with Crippen LogP contribution in [-0.4, -0.2) is 32.6 Å². The van der Waals surface area contributed by atoms with Crippen LogP contribution >= 0.6 is 0 Å². The Morgan fingerprint density at radius 2 is 1.53 bits per heavy atom. The molecule has 0 radical (unpaired) electrons. The van der Waals surface area contributed by atoms with E-state index in [2.05, 4.69) is 9.97 Å². The van der Waals surface area contributed by atoms with E-state index in [0.29, 0.717) is 34.3 Å². The fraction of sp³-hybridized carbons (Fsp3) is 0.111. The van der Waals surface area contributed by atoms with Gasteiger partial charge in [0.2, 0.25) is 20.8 Å². The lowest BCUT2D eigenvalue weighted by atomic mass is 10.1. The van der Waals surface area contributed by atoms with E-state index in [1.54, 1.807) is 37.4 Å². The summed E-state index contributed by atoms with van der Waals surface area (Å²) in [6.45, 7) is 1.88. The van der Waals surface area contributed by atoms with Gasteiger partial charge < -0.3 is 18.3 Å². The number of ether oxygens (including phenoxy) is 2. The molecule has 0 atom stereocenters. The van der Waals surface area contributed by atoms with E-state index in [1.807, 2.05) is 37.3 Å². The van der Waals surface area contributed by atoms with Gasteiger partial charge in [0, 0.05) is 11.1 Å². The van der Waals surface area contributed by atoms with E-state index in [1.165, 1.54) is 19.2 Å². The molecule has 5 aromatic rings. The Morgan fingerprint density at radius 1 is 0.806 bits per heavy atom. The molecule has 182 valence electrons. The maximum atomic E-state index is 13.5. The van der Waals surface area contributed by atoms with Crippen molar-refractivity contribution in [2.24, 2.45) is 0 Å². The molecule has 0 saturated carbocycles. The van der Waals surface area contributed by atoms with Gasteiger partial charge in [0.1, 0.15) is 0 Å². The Kier molecular flexibility index (Phi) is 6.07. The van der Waals surface area contributed by atoms with E-state index in [9.17, 15) is 8.42 Å². The number of nitrogens with zero attached hydrogens (tertiary/aromatic N) is 2. The summed E-state index contributed by atoms with van der Waals surface area (Å²) < 4.78 is 49.6. The predicted octanol–water partition coefficient (Wildman–Crippen LogP) is 5.82. The number of rotatable bonds is 7. The van der Waals surface area contributed by atoms with Crippen LogP contribution in [0.4, 0.5) is 0 Å². The Morgan fingerprint density at radius 3 is 2.22 bits per heavy atom. The van der Waals surface area contributed by atoms with E-state index in [0.717, 1.165) is 12.0 Å². The highest BCUT2D eigenvalue weighted by atomic mass is 32.2. The molecule has 0 aliphatic heterocycles. The largest absolute Gasteiger partial charge is 0.493 e. The molecule has 5 rings (SSSR count). The molecule has 0 spiro atoms. The summed E-state index contributed by atoms with van der Waals surface area (Å²) in [5.74, 6) is 1.58. The third kappa shape index (κ3) is 4.14. The summed E-state index contributed by atoms with van der Waals surface area (Å²) >= 11 is 0. The molecular weight excluding hydrogens is 480 g/mol. The van der Waals surface area contributed by atoms with Gasteiger partial charge in [-0.15, -0.1) is 0 Å². The van der Waals surface area contributed by atoms with Crippen LogP contribution in [0.3, 0.4) is 0 Å². The Labute approximate surface area is 208 Å². The van der Waals surface area contributed by atoms with E-state index in [4.69, 9.17) is 18.3 Å². The number of oxazole rings is 2. The number of aryl methyl sites for hydroxylation is 1. The van der Waals surface area contributed by atoms with Gasteiger partial charge in [-0.3, -0.25) is 0 Å². The summed E-state index contributed by atoms with van der Waals surface area (Å²) in [5, 5.41) is -0.249.